The Hall–Kier alpha value is -4.07. The van der Waals surface area contributed by atoms with Crippen LogP contribution in [0.1, 0.15) is 50.3 Å². The van der Waals surface area contributed by atoms with Gasteiger partial charge >= 0.3 is 11.9 Å². The molecule has 31 heavy (non-hydrogen) atoms. The van der Waals surface area contributed by atoms with Gasteiger partial charge in [0.25, 0.3) is 5.91 Å². The van der Waals surface area contributed by atoms with Gasteiger partial charge in [-0.1, -0.05) is 18.2 Å². The number of fused-ring (bicyclic) bond motifs is 1. The zero-order valence-electron chi connectivity index (χ0n) is 17.4. The predicted octanol–water partition coefficient (Wildman–Crippen LogP) is 4.01. The van der Waals surface area contributed by atoms with Gasteiger partial charge in [-0.25, -0.2) is 9.59 Å². The van der Waals surface area contributed by atoms with Crippen LogP contribution >= 0.6 is 0 Å². The van der Waals surface area contributed by atoms with E-state index in [0.717, 1.165) is 22.4 Å². The number of benzene rings is 1. The Morgan fingerprint density at radius 3 is 2.48 bits per heavy atom. The summed E-state index contributed by atoms with van der Waals surface area (Å²) in [4.78, 5) is 39.5. The molecule has 0 fully saturated rings. The summed E-state index contributed by atoms with van der Waals surface area (Å²) < 4.78 is 4.77. The van der Waals surface area contributed by atoms with Crippen LogP contribution in [0.4, 0.5) is 5.69 Å². The summed E-state index contributed by atoms with van der Waals surface area (Å²) in [6.45, 7) is 5.91. The second-order valence-electron chi connectivity index (χ2n) is 6.95. The van der Waals surface area contributed by atoms with E-state index in [9.17, 15) is 14.4 Å². The lowest BCUT2D eigenvalue weighted by Gasteiger charge is -1.97. The summed E-state index contributed by atoms with van der Waals surface area (Å²) in [5.41, 5.74) is 5.20. The van der Waals surface area contributed by atoms with E-state index in [2.05, 4.69) is 15.3 Å². The normalized spacial score (nSPS) is 13.3. The number of rotatable bonds is 4. The van der Waals surface area contributed by atoms with Crippen molar-refractivity contribution in [3.63, 3.8) is 0 Å². The maximum atomic E-state index is 12.0. The molecule has 1 amide bonds. The average Bonchev–Trinajstić information content (AvgIpc) is 3.41. The van der Waals surface area contributed by atoms with Gasteiger partial charge in [-0.15, -0.1) is 0 Å². The number of carboxylic acids is 1. The first-order chi connectivity index (χ1) is 14.8. The minimum atomic E-state index is -1.02. The SMILES string of the molecule is CCOC(=O)c1cc(C)c[nH]1.Cc1cc(C(=O)O)[nH]c1C=C1C(=O)Nc2ccccc21. The van der Waals surface area contributed by atoms with Crippen molar-refractivity contribution >= 4 is 35.2 Å². The number of aryl methyl sites for hydroxylation is 2. The van der Waals surface area contributed by atoms with Crippen LogP contribution in [0.3, 0.4) is 0 Å². The van der Waals surface area contributed by atoms with E-state index in [-0.39, 0.29) is 17.6 Å². The van der Waals surface area contributed by atoms with Crippen molar-refractivity contribution in [2.24, 2.45) is 0 Å². The van der Waals surface area contributed by atoms with Gasteiger partial charge in [0.1, 0.15) is 11.4 Å². The highest BCUT2D eigenvalue weighted by atomic mass is 16.5. The quantitative estimate of drug-likeness (QED) is 0.374. The van der Waals surface area contributed by atoms with Gasteiger partial charge in [-0.2, -0.15) is 0 Å². The molecule has 2 aromatic heterocycles. The average molecular weight is 421 g/mol. The molecule has 0 unspecified atom stereocenters. The first-order valence-electron chi connectivity index (χ1n) is 9.67. The van der Waals surface area contributed by atoms with Crippen molar-refractivity contribution < 1.29 is 24.2 Å². The first-order valence-corrected chi connectivity index (χ1v) is 9.67. The number of hydrogen-bond acceptors (Lipinski definition) is 4. The number of ether oxygens (including phenoxy) is 1. The fourth-order valence-corrected chi connectivity index (χ4v) is 3.10. The third-order valence-corrected chi connectivity index (χ3v) is 4.61. The van der Waals surface area contributed by atoms with E-state index in [1.807, 2.05) is 31.2 Å². The monoisotopic (exact) mass is 421 g/mol. The highest BCUT2D eigenvalue weighted by Crippen LogP contribution is 2.32. The standard InChI is InChI=1S/C15H12N2O3.C8H11NO2/c1-8-6-13(15(19)20)16-12(8)7-10-9-4-2-3-5-11(9)17-14(10)18;1-3-11-8(10)7-4-6(2)5-9-7/h2-7,16H,1H3,(H,17,18)(H,19,20);4-5,9H,3H2,1-2H3. The van der Waals surface area contributed by atoms with Crippen LogP contribution < -0.4 is 5.32 Å². The van der Waals surface area contributed by atoms with Gasteiger partial charge < -0.3 is 25.1 Å². The molecule has 3 heterocycles. The number of anilines is 1. The highest BCUT2D eigenvalue weighted by molar-refractivity contribution is 6.34. The van der Waals surface area contributed by atoms with Crippen LogP contribution in [-0.4, -0.2) is 39.5 Å². The van der Waals surface area contributed by atoms with Crippen LogP contribution in [0, 0.1) is 13.8 Å². The molecule has 8 nitrogen and oxygen atoms in total. The van der Waals surface area contributed by atoms with Crippen molar-refractivity contribution in [3.05, 3.63) is 76.4 Å². The Morgan fingerprint density at radius 2 is 1.87 bits per heavy atom. The molecule has 0 radical (unpaired) electrons. The van der Waals surface area contributed by atoms with E-state index in [4.69, 9.17) is 9.84 Å². The number of aromatic nitrogens is 2. The van der Waals surface area contributed by atoms with Gasteiger partial charge in [0.15, 0.2) is 0 Å². The number of aromatic amines is 2. The topological polar surface area (TPSA) is 124 Å². The summed E-state index contributed by atoms with van der Waals surface area (Å²) in [5, 5.41) is 11.7. The van der Waals surface area contributed by atoms with Crippen molar-refractivity contribution in [2.45, 2.75) is 20.8 Å². The lowest BCUT2D eigenvalue weighted by atomic mass is 10.1. The lowest BCUT2D eigenvalue weighted by molar-refractivity contribution is -0.110. The van der Waals surface area contributed by atoms with E-state index < -0.39 is 5.97 Å². The molecule has 1 aliphatic heterocycles. The minimum absolute atomic E-state index is 0.112. The number of carboxylic acid groups (broad SMARTS) is 1. The van der Waals surface area contributed by atoms with E-state index >= 15 is 0 Å². The minimum Gasteiger partial charge on any atom is -0.477 e. The second-order valence-corrected chi connectivity index (χ2v) is 6.95. The van der Waals surface area contributed by atoms with Crippen molar-refractivity contribution in [3.8, 4) is 0 Å². The summed E-state index contributed by atoms with van der Waals surface area (Å²) in [6.07, 6.45) is 3.45. The predicted molar refractivity (Wildman–Crippen MR) is 117 cm³/mol. The first kappa shape index (κ1) is 21.6. The molecule has 160 valence electrons. The number of hydrogen-bond donors (Lipinski definition) is 4. The number of carbonyl (C=O) groups is 3. The van der Waals surface area contributed by atoms with Crippen LogP contribution in [0.2, 0.25) is 0 Å². The molecule has 0 atom stereocenters. The zero-order valence-corrected chi connectivity index (χ0v) is 17.4. The van der Waals surface area contributed by atoms with E-state index in [1.54, 1.807) is 38.3 Å². The van der Waals surface area contributed by atoms with Gasteiger partial charge in [-0.3, -0.25) is 4.79 Å². The summed E-state index contributed by atoms with van der Waals surface area (Å²) in [5.74, 6) is -1.49. The summed E-state index contributed by atoms with van der Waals surface area (Å²) in [6, 6.07) is 10.7. The lowest BCUT2D eigenvalue weighted by Crippen LogP contribution is -2.04. The molecule has 8 heteroatoms. The molecule has 4 rings (SSSR count). The maximum absolute atomic E-state index is 12.0. The van der Waals surface area contributed by atoms with Crippen LogP contribution in [0.25, 0.3) is 11.6 Å². The Labute approximate surface area is 179 Å². The van der Waals surface area contributed by atoms with Gasteiger partial charge in [0.05, 0.1) is 12.2 Å². The fraction of sp³-hybridized carbons (Fsp3) is 0.174. The van der Waals surface area contributed by atoms with Crippen LogP contribution in [-0.2, 0) is 9.53 Å². The van der Waals surface area contributed by atoms with Crippen LogP contribution in [0.15, 0.2) is 42.6 Å². The highest BCUT2D eigenvalue weighted by Gasteiger charge is 2.24. The number of aromatic carboxylic acids is 1. The molecule has 0 bridgehead atoms. The molecule has 1 aliphatic rings. The molecule has 0 spiro atoms. The maximum Gasteiger partial charge on any atom is 0.354 e. The largest absolute Gasteiger partial charge is 0.477 e. The Bertz CT molecular complexity index is 1170. The molecular formula is C23H23N3O5. The van der Waals surface area contributed by atoms with Crippen LogP contribution in [0.5, 0.6) is 0 Å². The van der Waals surface area contributed by atoms with Crippen molar-refractivity contribution in [2.75, 3.05) is 11.9 Å². The van der Waals surface area contributed by atoms with Gasteiger partial charge in [0.2, 0.25) is 0 Å². The third-order valence-electron chi connectivity index (χ3n) is 4.61. The van der Waals surface area contributed by atoms with E-state index in [0.29, 0.717) is 23.6 Å². The van der Waals surface area contributed by atoms with E-state index in [1.165, 1.54) is 0 Å². The molecule has 0 saturated carbocycles. The Morgan fingerprint density at radius 1 is 1.13 bits per heavy atom. The van der Waals surface area contributed by atoms with Crippen molar-refractivity contribution in [1.29, 1.82) is 0 Å². The Kier molecular flexibility index (Phi) is 6.40. The number of esters is 1. The number of amides is 1. The smallest absolute Gasteiger partial charge is 0.354 e. The number of nitrogens with one attached hydrogen (secondary N) is 3. The third kappa shape index (κ3) is 4.92. The fourth-order valence-electron chi connectivity index (χ4n) is 3.10. The molecule has 0 saturated heterocycles. The second kappa shape index (κ2) is 9.17. The summed E-state index contributed by atoms with van der Waals surface area (Å²) in [7, 11) is 0. The zero-order chi connectivity index (χ0) is 22.5. The summed E-state index contributed by atoms with van der Waals surface area (Å²) >= 11 is 0. The molecule has 3 aromatic rings. The number of para-hydroxylation sites is 1. The number of H-pyrrole nitrogens is 2. The molecular weight excluding hydrogens is 398 g/mol. The Balaban J connectivity index is 0.000000210. The molecule has 1 aromatic carbocycles. The molecule has 4 N–H and O–H groups in total. The van der Waals surface area contributed by atoms with Crippen molar-refractivity contribution in [1.82, 2.24) is 9.97 Å². The molecule has 0 aliphatic carbocycles. The van der Waals surface area contributed by atoms with Gasteiger partial charge in [-0.05, 0) is 56.2 Å². The number of carbonyl (C=O) groups excluding carboxylic acids is 2. The van der Waals surface area contributed by atoms with Gasteiger partial charge in [0, 0.05) is 23.1 Å².